The van der Waals surface area contributed by atoms with Gasteiger partial charge in [0.1, 0.15) is 0 Å². The summed E-state index contributed by atoms with van der Waals surface area (Å²) in [6, 6.07) is 0.503. The highest BCUT2D eigenvalue weighted by Gasteiger charge is 2.00. The summed E-state index contributed by atoms with van der Waals surface area (Å²) in [5.41, 5.74) is 0. The van der Waals surface area contributed by atoms with Crippen molar-refractivity contribution in [1.82, 2.24) is 15.5 Å². The minimum atomic E-state index is 0.171. The highest BCUT2D eigenvalue weighted by molar-refractivity contribution is 5.75. The summed E-state index contributed by atoms with van der Waals surface area (Å²) < 4.78 is 0. The minimum Gasteiger partial charge on any atom is -0.356 e. The normalized spacial score (nSPS) is 11.1. The van der Waals surface area contributed by atoms with E-state index in [4.69, 9.17) is 0 Å². The van der Waals surface area contributed by atoms with E-state index in [-0.39, 0.29) is 5.91 Å². The van der Waals surface area contributed by atoms with E-state index in [1.54, 1.807) is 0 Å². The Balaban J connectivity index is 3.25. The minimum absolute atomic E-state index is 0.171. The lowest BCUT2D eigenvalue weighted by atomic mass is 10.2. The van der Waals surface area contributed by atoms with E-state index < -0.39 is 0 Å². The quantitative estimate of drug-likeness (QED) is 0.576. The molecule has 96 valence electrons. The van der Waals surface area contributed by atoms with E-state index in [0.717, 1.165) is 32.5 Å². The number of nitrogens with zero attached hydrogens (tertiary/aromatic N) is 1. The van der Waals surface area contributed by atoms with E-state index in [9.17, 15) is 4.79 Å². The van der Waals surface area contributed by atoms with Gasteiger partial charge >= 0.3 is 0 Å². The Hall–Kier alpha value is -0.610. The van der Waals surface area contributed by atoms with Crippen molar-refractivity contribution in [3.63, 3.8) is 0 Å². The largest absolute Gasteiger partial charge is 0.356 e. The van der Waals surface area contributed by atoms with Crippen LogP contribution in [0.3, 0.4) is 0 Å². The second kappa shape index (κ2) is 9.60. The van der Waals surface area contributed by atoms with Crippen LogP contribution in [0.1, 0.15) is 33.1 Å². The third-order valence-electron chi connectivity index (χ3n) is 2.24. The average molecular weight is 229 g/mol. The fourth-order valence-corrected chi connectivity index (χ4v) is 1.35. The van der Waals surface area contributed by atoms with Crippen LogP contribution in [-0.4, -0.2) is 50.6 Å². The summed E-state index contributed by atoms with van der Waals surface area (Å²) in [6.45, 7) is 6.95. The molecule has 0 saturated heterocycles. The van der Waals surface area contributed by atoms with Gasteiger partial charge in [-0.15, -0.1) is 0 Å². The smallest absolute Gasteiger partial charge is 0.220 e. The topological polar surface area (TPSA) is 44.4 Å². The van der Waals surface area contributed by atoms with Gasteiger partial charge in [0, 0.05) is 19.0 Å². The van der Waals surface area contributed by atoms with Crippen LogP contribution in [0.2, 0.25) is 0 Å². The van der Waals surface area contributed by atoms with Crippen LogP contribution in [0.5, 0.6) is 0 Å². The Kier molecular flexibility index (Phi) is 9.24. The van der Waals surface area contributed by atoms with Crippen molar-refractivity contribution in [2.45, 2.75) is 39.2 Å². The molecule has 0 fully saturated rings. The number of carbonyl (C=O) groups excluding carboxylic acids is 1. The number of rotatable bonds is 9. The van der Waals surface area contributed by atoms with Gasteiger partial charge in [0.05, 0.1) is 0 Å². The zero-order chi connectivity index (χ0) is 12.4. The van der Waals surface area contributed by atoms with Gasteiger partial charge in [-0.1, -0.05) is 13.8 Å². The van der Waals surface area contributed by atoms with Gasteiger partial charge in [0.15, 0.2) is 0 Å². The number of carbonyl (C=O) groups is 1. The molecular weight excluding hydrogens is 202 g/mol. The fourth-order valence-electron chi connectivity index (χ4n) is 1.35. The van der Waals surface area contributed by atoms with Crippen LogP contribution in [0.25, 0.3) is 0 Å². The number of amides is 1. The van der Waals surface area contributed by atoms with E-state index in [1.807, 2.05) is 14.1 Å². The van der Waals surface area contributed by atoms with Crippen molar-refractivity contribution in [2.75, 3.05) is 33.7 Å². The Morgan fingerprint density at radius 3 is 2.44 bits per heavy atom. The van der Waals surface area contributed by atoms with Gasteiger partial charge in [-0.3, -0.25) is 4.79 Å². The Bertz CT molecular complexity index is 163. The highest BCUT2D eigenvalue weighted by Crippen LogP contribution is 1.89. The summed E-state index contributed by atoms with van der Waals surface area (Å²) in [7, 11) is 4.08. The molecule has 0 aliphatic carbocycles. The van der Waals surface area contributed by atoms with E-state index in [0.29, 0.717) is 12.5 Å². The molecule has 0 aromatic rings. The highest BCUT2D eigenvalue weighted by atomic mass is 16.1. The molecule has 0 atom stereocenters. The first-order chi connectivity index (χ1) is 7.52. The Labute approximate surface area is 99.8 Å². The van der Waals surface area contributed by atoms with E-state index in [1.165, 1.54) is 0 Å². The maximum Gasteiger partial charge on any atom is 0.220 e. The SMILES string of the molecule is CC(C)NCCCC(=O)NCCCN(C)C. The van der Waals surface area contributed by atoms with Crippen molar-refractivity contribution in [1.29, 1.82) is 0 Å². The molecule has 0 unspecified atom stereocenters. The van der Waals surface area contributed by atoms with Crippen LogP contribution in [0.15, 0.2) is 0 Å². The average Bonchev–Trinajstić information content (AvgIpc) is 2.19. The molecule has 0 aliphatic heterocycles. The van der Waals surface area contributed by atoms with Crippen molar-refractivity contribution < 1.29 is 4.79 Å². The van der Waals surface area contributed by atoms with Gasteiger partial charge in [-0.25, -0.2) is 0 Å². The third-order valence-corrected chi connectivity index (χ3v) is 2.24. The van der Waals surface area contributed by atoms with Crippen molar-refractivity contribution in [3.05, 3.63) is 0 Å². The van der Waals surface area contributed by atoms with Gasteiger partial charge < -0.3 is 15.5 Å². The number of hydrogen-bond acceptors (Lipinski definition) is 3. The lowest BCUT2D eigenvalue weighted by molar-refractivity contribution is -0.121. The molecule has 0 saturated carbocycles. The summed E-state index contributed by atoms with van der Waals surface area (Å²) in [5, 5.41) is 6.23. The van der Waals surface area contributed by atoms with Crippen molar-refractivity contribution >= 4 is 5.91 Å². The number of nitrogens with one attached hydrogen (secondary N) is 2. The lowest BCUT2D eigenvalue weighted by Crippen LogP contribution is -2.29. The van der Waals surface area contributed by atoms with Crippen LogP contribution in [-0.2, 0) is 4.79 Å². The van der Waals surface area contributed by atoms with Crippen LogP contribution in [0, 0.1) is 0 Å². The maximum atomic E-state index is 11.4. The molecule has 1 amide bonds. The molecule has 4 nitrogen and oxygen atoms in total. The molecule has 0 bridgehead atoms. The van der Waals surface area contributed by atoms with Gasteiger partial charge in [-0.2, -0.15) is 0 Å². The van der Waals surface area contributed by atoms with Crippen LogP contribution < -0.4 is 10.6 Å². The molecule has 0 aromatic carbocycles. The van der Waals surface area contributed by atoms with Gasteiger partial charge in [-0.05, 0) is 40.0 Å². The predicted molar refractivity (Wildman–Crippen MR) is 68.6 cm³/mol. The van der Waals surface area contributed by atoms with E-state index >= 15 is 0 Å². The summed E-state index contributed by atoms with van der Waals surface area (Å²) in [5.74, 6) is 0.171. The number of hydrogen-bond donors (Lipinski definition) is 2. The first-order valence-electron chi connectivity index (χ1n) is 6.17. The second-order valence-electron chi connectivity index (χ2n) is 4.72. The summed E-state index contributed by atoms with van der Waals surface area (Å²) in [4.78, 5) is 13.5. The molecular formula is C12H27N3O. The van der Waals surface area contributed by atoms with Gasteiger partial charge in [0.2, 0.25) is 5.91 Å². The van der Waals surface area contributed by atoms with E-state index in [2.05, 4.69) is 29.4 Å². The lowest BCUT2D eigenvalue weighted by Gasteiger charge is -2.10. The fraction of sp³-hybridized carbons (Fsp3) is 0.917. The zero-order valence-electron chi connectivity index (χ0n) is 11.2. The van der Waals surface area contributed by atoms with Crippen LogP contribution in [0.4, 0.5) is 0 Å². The Morgan fingerprint density at radius 1 is 1.19 bits per heavy atom. The molecule has 16 heavy (non-hydrogen) atoms. The van der Waals surface area contributed by atoms with Crippen molar-refractivity contribution in [3.8, 4) is 0 Å². The van der Waals surface area contributed by atoms with Crippen LogP contribution >= 0.6 is 0 Å². The summed E-state index contributed by atoms with van der Waals surface area (Å²) >= 11 is 0. The molecule has 0 aliphatic rings. The molecule has 0 aromatic heterocycles. The summed E-state index contributed by atoms with van der Waals surface area (Å²) in [6.07, 6.45) is 2.56. The second-order valence-corrected chi connectivity index (χ2v) is 4.72. The monoisotopic (exact) mass is 229 g/mol. The zero-order valence-corrected chi connectivity index (χ0v) is 11.2. The Morgan fingerprint density at radius 2 is 1.88 bits per heavy atom. The third kappa shape index (κ3) is 11.5. The molecule has 0 heterocycles. The van der Waals surface area contributed by atoms with Crippen molar-refractivity contribution in [2.24, 2.45) is 0 Å². The first-order valence-corrected chi connectivity index (χ1v) is 6.17. The first kappa shape index (κ1) is 15.4. The molecule has 0 rings (SSSR count). The standard InChI is InChI=1S/C12H27N3O/c1-11(2)13-8-5-7-12(16)14-9-6-10-15(3)4/h11,13H,5-10H2,1-4H3,(H,14,16). The maximum absolute atomic E-state index is 11.4. The molecule has 4 heteroatoms. The molecule has 0 spiro atoms. The van der Waals surface area contributed by atoms with Gasteiger partial charge in [0.25, 0.3) is 0 Å². The molecule has 2 N–H and O–H groups in total. The predicted octanol–water partition coefficient (Wildman–Crippen LogP) is 0.833. The molecule has 0 radical (unpaired) electrons.